The van der Waals surface area contributed by atoms with Gasteiger partial charge in [0, 0.05) is 0 Å². The molecule has 0 bridgehead atoms. The number of benzene rings is 1. The zero-order valence-corrected chi connectivity index (χ0v) is 10.7. The number of aliphatic imine (C=N–C) groups is 1. The van der Waals surface area contributed by atoms with Crippen molar-refractivity contribution < 1.29 is 4.74 Å². The molecule has 0 aliphatic carbocycles. The summed E-state index contributed by atoms with van der Waals surface area (Å²) in [5, 5.41) is 1.16. The van der Waals surface area contributed by atoms with Crippen molar-refractivity contribution in [1.29, 1.82) is 0 Å². The SMILES string of the molecule is CC(C)[C@@H]1COC(c2c(Cl)cccc2Cl)=N1. The van der Waals surface area contributed by atoms with Crippen LogP contribution in [0.4, 0.5) is 0 Å². The van der Waals surface area contributed by atoms with E-state index in [1.54, 1.807) is 12.1 Å². The first-order valence-electron chi connectivity index (χ1n) is 5.24. The van der Waals surface area contributed by atoms with Crippen molar-refractivity contribution in [1.82, 2.24) is 0 Å². The molecule has 16 heavy (non-hydrogen) atoms. The molecule has 0 aromatic heterocycles. The summed E-state index contributed by atoms with van der Waals surface area (Å²) in [6.45, 7) is 4.85. The highest BCUT2D eigenvalue weighted by Gasteiger charge is 2.25. The largest absolute Gasteiger partial charge is 0.475 e. The van der Waals surface area contributed by atoms with Crippen LogP contribution in [0.5, 0.6) is 0 Å². The molecule has 0 N–H and O–H groups in total. The van der Waals surface area contributed by atoms with Gasteiger partial charge in [-0.2, -0.15) is 0 Å². The highest BCUT2D eigenvalue weighted by Crippen LogP contribution is 2.28. The van der Waals surface area contributed by atoms with Crippen molar-refractivity contribution in [2.24, 2.45) is 10.9 Å². The van der Waals surface area contributed by atoms with Crippen LogP contribution in [0.15, 0.2) is 23.2 Å². The van der Waals surface area contributed by atoms with E-state index in [2.05, 4.69) is 18.8 Å². The fourth-order valence-corrected chi connectivity index (χ4v) is 2.13. The van der Waals surface area contributed by atoms with E-state index in [4.69, 9.17) is 27.9 Å². The molecular formula is C12H13Cl2NO. The maximum Gasteiger partial charge on any atom is 0.219 e. The molecule has 86 valence electrons. The van der Waals surface area contributed by atoms with E-state index in [0.29, 0.717) is 34.0 Å². The van der Waals surface area contributed by atoms with Gasteiger partial charge in [-0.05, 0) is 18.1 Å². The normalized spacial score (nSPS) is 19.8. The van der Waals surface area contributed by atoms with Crippen LogP contribution in [-0.4, -0.2) is 18.5 Å². The van der Waals surface area contributed by atoms with Gasteiger partial charge in [0.05, 0.1) is 21.7 Å². The standard InChI is InChI=1S/C12H13Cl2NO/c1-7(2)10-6-16-12(15-10)11-8(13)4-3-5-9(11)14/h3-5,7,10H,6H2,1-2H3/t10-/m0/s1. The molecule has 1 aliphatic heterocycles. The molecule has 1 aliphatic rings. The first kappa shape index (κ1) is 11.7. The Bertz CT molecular complexity index is 409. The van der Waals surface area contributed by atoms with Crippen molar-refractivity contribution >= 4 is 29.1 Å². The van der Waals surface area contributed by atoms with Crippen LogP contribution >= 0.6 is 23.2 Å². The van der Waals surface area contributed by atoms with E-state index >= 15 is 0 Å². The van der Waals surface area contributed by atoms with Crippen molar-refractivity contribution in [3.8, 4) is 0 Å². The molecule has 4 heteroatoms. The Hall–Kier alpha value is -0.730. The average Bonchev–Trinajstić information content (AvgIpc) is 2.66. The number of rotatable bonds is 2. The second-order valence-electron chi connectivity index (χ2n) is 4.15. The molecule has 0 spiro atoms. The summed E-state index contributed by atoms with van der Waals surface area (Å²) < 4.78 is 5.56. The zero-order valence-electron chi connectivity index (χ0n) is 9.21. The molecule has 2 rings (SSSR count). The molecule has 2 nitrogen and oxygen atoms in total. The molecule has 1 aromatic rings. The molecular weight excluding hydrogens is 245 g/mol. The van der Waals surface area contributed by atoms with Crippen LogP contribution in [0.1, 0.15) is 19.4 Å². The fourth-order valence-electron chi connectivity index (χ4n) is 1.57. The first-order valence-corrected chi connectivity index (χ1v) is 6.00. The quantitative estimate of drug-likeness (QED) is 0.790. The predicted molar refractivity (Wildman–Crippen MR) is 67.6 cm³/mol. The summed E-state index contributed by atoms with van der Waals surface area (Å²) in [5.41, 5.74) is 0.703. The van der Waals surface area contributed by atoms with E-state index in [-0.39, 0.29) is 6.04 Å². The van der Waals surface area contributed by atoms with Crippen molar-refractivity contribution in [3.05, 3.63) is 33.8 Å². The topological polar surface area (TPSA) is 21.6 Å². The summed E-state index contributed by atoms with van der Waals surface area (Å²) in [7, 11) is 0. The molecule has 0 radical (unpaired) electrons. The van der Waals surface area contributed by atoms with E-state index < -0.39 is 0 Å². The maximum absolute atomic E-state index is 6.09. The van der Waals surface area contributed by atoms with E-state index in [0.717, 1.165) is 0 Å². The van der Waals surface area contributed by atoms with Gasteiger partial charge < -0.3 is 4.74 Å². The molecule has 0 fully saturated rings. The number of ether oxygens (including phenoxy) is 1. The lowest BCUT2D eigenvalue weighted by molar-refractivity contribution is 0.292. The third-order valence-corrected chi connectivity index (χ3v) is 3.25. The summed E-state index contributed by atoms with van der Waals surface area (Å²) in [4.78, 5) is 4.50. The van der Waals surface area contributed by atoms with Gasteiger partial charge in [0.2, 0.25) is 5.90 Å². The third kappa shape index (κ3) is 2.18. The van der Waals surface area contributed by atoms with Crippen LogP contribution in [-0.2, 0) is 4.74 Å². The van der Waals surface area contributed by atoms with Gasteiger partial charge in [0.25, 0.3) is 0 Å². The monoisotopic (exact) mass is 257 g/mol. The molecule has 0 unspecified atom stereocenters. The number of hydrogen-bond acceptors (Lipinski definition) is 2. The molecule has 1 atom stereocenters. The van der Waals surface area contributed by atoms with Gasteiger partial charge in [-0.15, -0.1) is 0 Å². The van der Waals surface area contributed by atoms with Gasteiger partial charge in [0.1, 0.15) is 6.61 Å². The van der Waals surface area contributed by atoms with Crippen molar-refractivity contribution in [2.45, 2.75) is 19.9 Å². The Balaban J connectivity index is 2.36. The second kappa shape index (κ2) is 4.64. The van der Waals surface area contributed by atoms with Gasteiger partial charge >= 0.3 is 0 Å². The zero-order chi connectivity index (χ0) is 11.7. The van der Waals surface area contributed by atoms with E-state index in [1.165, 1.54) is 0 Å². The highest BCUT2D eigenvalue weighted by atomic mass is 35.5. The number of hydrogen-bond donors (Lipinski definition) is 0. The Kier molecular flexibility index (Phi) is 3.41. The van der Waals surface area contributed by atoms with Crippen molar-refractivity contribution in [3.63, 3.8) is 0 Å². The van der Waals surface area contributed by atoms with Crippen LogP contribution in [0.25, 0.3) is 0 Å². The molecule has 1 heterocycles. The van der Waals surface area contributed by atoms with Crippen LogP contribution in [0.3, 0.4) is 0 Å². The average molecular weight is 258 g/mol. The number of halogens is 2. The van der Waals surface area contributed by atoms with Crippen LogP contribution in [0.2, 0.25) is 10.0 Å². The smallest absolute Gasteiger partial charge is 0.219 e. The molecule has 0 amide bonds. The third-order valence-electron chi connectivity index (χ3n) is 2.62. The second-order valence-corrected chi connectivity index (χ2v) is 4.97. The van der Waals surface area contributed by atoms with Crippen LogP contribution in [0, 0.1) is 5.92 Å². The lowest BCUT2D eigenvalue weighted by Gasteiger charge is -2.06. The summed E-state index contributed by atoms with van der Waals surface area (Å²) in [6.07, 6.45) is 0. The highest BCUT2D eigenvalue weighted by molar-refractivity contribution is 6.39. The predicted octanol–water partition coefficient (Wildman–Crippen LogP) is 3.79. The fraction of sp³-hybridized carbons (Fsp3) is 0.417. The van der Waals surface area contributed by atoms with Gasteiger partial charge in [0.15, 0.2) is 0 Å². The van der Waals surface area contributed by atoms with E-state index in [9.17, 15) is 0 Å². The lowest BCUT2D eigenvalue weighted by Crippen LogP contribution is -2.13. The molecule has 0 saturated heterocycles. The van der Waals surface area contributed by atoms with Gasteiger partial charge in [-0.25, -0.2) is 4.99 Å². The summed E-state index contributed by atoms with van der Waals surface area (Å²) >= 11 is 12.2. The lowest BCUT2D eigenvalue weighted by atomic mass is 10.1. The minimum Gasteiger partial charge on any atom is -0.475 e. The summed E-state index contributed by atoms with van der Waals surface area (Å²) in [6, 6.07) is 5.58. The number of nitrogens with zero attached hydrogens (tertiary/aromatic N) is 1. The Morgan fingerprint density at radius 3 is 2.44 bits per heavy atom. The Morgan fingerprint density at radius 1 is 1.31 bits per heavy atom. The van der Waals surface area contributed by atoms with Crippen LogP contribution < -0.4 is 0 Å². The minimum atomic E-state index is 0.197. The minimum absolute atomic E-state index is 0.197. The van der Waals surface area contributed by atoms with Crippen molar-refractivity contribution in [2.75, 3.05) is 6.61 Å². The maximum atomic E-state index is 6.09. The Labute approximate surface area is 105 Å². The first-order chi connectivity index (χ1) is 7.59. The van der Waals surface area contributed by atoms with E-state index in [1.807, 2.05) is 6.07 Å². The molecule has 1 aromatic carbocycles. The summed E-state index contributed by atoms with van der Waals surface area (Å²) in [5.74, 6) is 1.02. The molecule has 0 saturated carbocycles. The van der Waals surface area contributed by atoms with Gasteiger partial charge in [-0.1, -0.05) is 43.1 Å². The van der Waals surface area contributed by atoms with Gasteiger partial charge in [-0.3, -0.25) is 0 Å². The Morgan fingerprint density at radius 2 is 1.94 bits per heavy atom.